The molecule has 0 unspecified atom stereocenters. The van der Waals surface area contributed by atoms with Gasteiger partial charge in [-0.05, 0) is 61.2 Å². The summed E-state index contributed by atoms with van der Waals surface area (Å²) < 4.78 is 5.87. The summed E-state index contributed by atoms with van der Waals surface area (Å²) in [6, 6.07) is 13.9. The van der Waals surface area contributed by atoms with Crippen molar-refractivity contribution in [2.24, 2.45) is 0 Å². The Bertz CT molecular complexity index is 638. The van der Waals surface area contributed by atoms with E-state index in [-0.39, 0.29) is 0 Å². The van der Waals surface area contributed by atoms with Gasteiger partial charge in [0, 0.05) is 0 Å². The first-order valence-electron chi connectivity index (χ1n) is 6.30. The van der Waals surface area contributed by atoms with E-state index in [9.17, 15) is 0 Å². The van der Waals surface area contributed by atoms with Crippen LogP contribution >= 0.6 is 0 Å². The minimum atomic E-state index is 0.485. The molecule has 0 heterocycles. The van der Waals surface area contributed by atoms with E-state index in [2.05, 4.69) is 39.0 Å². The van der Waals surface area contributed by atoms with Crippen molar-refractivity contribution in [1.29, 1.82) is 5.26 Å². The number of aryl methyl sites for hydroxylation is 2. The molecule has 0 saturated carbocycles. The van der Waals surface area contributed by atoms with Crippen LogP contribution in [0.2, 0.25) is 0 Å². The fourth-order valence-electron chi connectivity index (χ4n) is 2.04. The van der Waals surface area contributed by atoms with E-state index in [1.165, 1.54) is 16.7 Å². The average molecular weight is 251 g/mol. The third kappa shape index (κ3) is 3.14. The summed E-state index contributed by atoms with van der Waals surface area (Å²) in [7, 11) is 0. The smallest absolute Gasteiger partial charge is 0.123 e. The molecule has 0 atom stereocenters. The van der Waals surface area contributed by atoms with Crippen molar-refractivity contribution < 1.29 is 4.74 Å². The molecule has 0 aromatic heterocycles. The molecular formula is C17H17NO. The molecule has 2 nitrogen and oxygen atoms in total. The van der Waals surface area contributed by atoms with E-state index >= 15 is 0 Å². The first kappa shape index (κ1) is 13.2. The molecule has 2 rings (SSSR count). The van der Waals surface area contributed by atoms with Gasteiger partial charge in [-0.1, -0.05) is 18.2 Å². The van der Waals surface area contributed by atoms with Gasteiger partial charge in [-0.3, -0.25) is 0 Å². The number of hydrogen-bond acceptors (Lipinski definition) is 2. The van der Waals surface area contributed by atoms with Crippen LogP contribution in [0.25, 0.3) is 0 Å². The Morgan fingerprint density at radius 1 is 1.11 bits per heavy atom. The van der Waals surface area contributed by atoms with Crippen LogP contribution in [0.5, 0.6) is 5.75 Å². The standard InChI is InChI=1S/C17H17NO/c1-12-7-13(2)14(3)17(8-12)19-11-16-6-4-5-15(9-16)10-18/h4-9H,11H2,1-3H3. The highest BCUT2D eigenvalue weighted by Gasteiger charge is 2.04. The zero-order chi connectivity index (χ0) is 13.8. The first-order chi connectivity index (χ1) is 9.10. The second-order valence-electron chi connectivity index (χ2n) is 4.81. The maximum Gasteiger partial charge on any atom is 0.123 e. The molecule has 0 spiro atoms. The fourth-order valence-corrected chi connectivity index (χ4v) is 2.04. The van der Waals surface area contributed by atoms with Crippen molar-refractivity contribution in [2.45, 2.75) is 27.4 Å². The van der Waals surface area contributed by atoms with E-state index in [1.54, 1.807) is 6.07 Å². The second kappa shape index (κ2) is 5.58. The maximum atomic E-state index is 8.87. The molecule has 0 bridgehead atoms. The van der Waals surface area contributed by atoms with Crippen molar-refractivity contribution in [3.8, 4) is 11.8 Å². The first-order valence-corrected chi connectivity index (χ1v) is 6.30. The highest BCUT2D eigenvalue weighted by Crippen LogP contribution is 2.24. The molecule has 96 valence electrons. The molecular weight excluding hydrogens is 234 g/mol. The zero-order valence-corrected chi connectivity index (χ0v) is 11.5. The second-order valence-corrected chi connectivity index (χ2v) is 4.81. The third-order valence-electron chi connectivity index (χ3n) is 3.21. The molecule has 0 radical (unpaired) electrons. The van der Waals surface area contributed by atoms with Gasteiger partial charge in [0.1, 0.15) is 12.4 Å². The van der Waals surface area contributed by atoms with E-state index in [1.807, 2.05) is 18.2 Å². The lowest BCUT2D eigenvalue weighted by Crippen LogP contribution is -1.99. The topological polar surface area (TPSA) is 33.0 Å². The summed E-state index contributed by atoms with van der Waals surface area (Å²) in [6.45, 7) is 6.70. The number of nitriles is 1. The van der Waals surface area contributed by atoms with Gasteiger partial charge < -0.3 is 4.74 Å². The van der Waals surface area contributed by atoms with Crippen molar-refractivity contribution >= 4 is 0 Å². The molecule has 19 heavy (non-hydrogen) atoms. The van der Waals surface area contributed by atoms with Gasteiger partial charge >= 0.3 is 0 Å². The summed E-state index contributed by atoms with van der Waals surface area (Å²) in [5.41, 5.74) is 5.28. The molecule has 2 aromatic rings. The quantitative estimate of drug-likeness (QED) is 0.824. The Labute approximate surface area is 114 Å². The summed E-state index contributed by atoms with van der Waals surface area (Å²) in [4.78, 5) is 0. The highest BCUT2D eigenvalue weighted by atomic mass is 16.5. The van der Waals surface area contributed by atoms with Gasteiger partial charge in [-0.15, -0.1) is 0 Å². The third-order valence-corrected chi connectivity index (χ3v) is 3.21. The Kier molecular flexibility index (Phi) is 3.87. The van der Waals surface area contributed by atoms with Gasteiger partial charge in [0.2, 0.25) is 0 Å². The van der Waals surface area contributed by atoms with Crippen LogP contribution in [0.15, 0.2) is 36.4 Å². The Balaban J connectivity index is 2.17. The van der Waals surface area contributed by atoms with Crippen molar-refractivity contribution in [3.63, 3.8) is 0 Å². The van der Waals surface area contributed by atoms with Gasteiger partial charge in [-0.25, -0.2) is 0 Å². The van der Waals surface area contributed by atoms with Crippen molar-refractivity contribution in [2.75, 3.05) is 0 Å². The number of nitrogens with zero attached hydrogens (tertiary/aromatic N) is 1. The van der Waals surface area contributed by atoms with Gasteiger partial charge in [-0.2, -0.15) is 5.26 Å². The fraction of sp³-hybridized carbons (Fsp3) is 0.235. The zero-order valence-electron chi connectivity index (χ0n) is 11.5. The summed E-state index contributed by atoms with van der Waals surface area (Å²) >= 11 is 0. The van der Waals surface area contributed by atoms with E-state index in [4.69, 9.17) is 10.00 Å². The summed E-state index contributed by atoms with van der Waals surface area (Å²) in [5, 5.41) is 8.87. The normalized spacial score (nSPS) is 10.0. The molecule has 2 aromatic carbocycles. The predicted molar refractivity (Wildman–Crippen MR) is 76.1 cm³/mol. The number of hydrogen-bond donors (Lipinski definition) is 0. The minimum Gasteiger partial charge on any atom is -0.489 e. The molecule has 0 aliphatic rings. The number of benzene rings is 2. The Hall–Kier alpha value is -2.27. The summed E-state index contributed by atoms with van der Waals surface area (Å²) in [5.74, 6) is 0.917. The van der Waals surface area contributed by atoms with Crippen LogP contribution in [0.1, 0.15) is 27.8 Å². The molecule has 2 heteroatoms. The maximum absolute atomic E-state index is 8.87. The SMILES string of the molecule is Cc1cc(C)c(C)c(OCc2cccc(C#N)c2)c1. The predicted octanol–water partition coefficient (Wildman–Crippen LogP) is 4.06. The van der Waals surface area contributed by atoms with Crippen molar-refractivity contribution in [1.82, 2.24) is 0 Å². The molecule has 0 N–H and O–H groups in total. The van der Waals surface area contributed by atoms with Gasteiger partial charge in [0.15, 0.2) is 0 Å². The summed E-state index contributed by atoms with van der Waals surface area (Å²) in [6.07, 6.45) is 0. The Morgan fingerprint density at radius 2 is 1.89 bits per heavy atom. The highest BCUT2D eigenvalue weighted by molar-refractivity contribution is 5.42. The Morgan fingerprint density at radius 3 is 2.63 bits per heavy atom. The number of rotatable bonds is 3. The van der Waals surface area contributed by atoms with Crippen LogP contribution in [0, 0.1) is 32.1 Å². The van der Waals surface area contributed by atoms with Crippen LogP contribution in [0.3, 0.4) is 0 Å². The van der Waals surface area contributed by atoms with Gasteiger partial charge in [0.05, 0.1) is 11.6 Å². The van der Waals surface area contributed by atoms with Crippen LogP contribution in [0.4, 0.5) is 0 Å². The van der Waals surface area contributed by atoms with Crippen LogP contribution in [-0.4, -0.2) is 0 Å². The van der Waals surface area contributed by atoms with Gasteiger partial charge in [0.25, 0.3) is 0 Å². The lowest BCUT2D eigenvalue weighted by molar-refractivity contribution is 0.303. The van der Waals surface area contributed by atoms with E-state index in [0.29, 0.717) is 12.2 Å². The molecule has 0 aliphatic carbocycles. The van der Waals surface area contributed by atoms with Crippen molar-refractivity contribution in [3.05, 3.63) is 64.2 Å². The van der Waals surface area contributed by atoms with E-state index < -0.39 is 0 Å². The van der Waals surface area contributed by atoms with E-state index in [0.717, 1.165) is 11.3 Å². The largest absolute Gasteiger partial charge is 0.489 e. The average Bonchev–Trinajstić information content (AvgIpc) is 2.41. The molecule has 0 amide bonds. The lowest BCUT2D eigenvalue weighted by atomic mass is 10.1. The molecule has 0 fully saturated rings. The minimum absolute atomic E-state index is 0.485. The number of ether oxygens (including phenoxy) is 1. The lowest BCUT2D eigenvalue weighted by Gasteiger charge is -2.12. The monoisotopic (exact) mass is 251 g/mol. The molecule has 0 aliphatic heterocycles. The van der Waals surface area contributed by atoms with Crippen LogP contribution in [-0.2, 0) is 6.61 Å². The van der Waals surface area contributed by atoms with Crippen LogP contribution < -0.4 is 4.74 Å². The molecule has 0 saturated heterocycles.